The van der Waals surface area contributed by atoms with Crippen molar-refractivity contribution in [3.05, 3.63) is 12.2 Å². The SMILES string of the molecule is NC(=O)C1C2C=CC3C(C(N)=O)C3C21. The Labute approximate surface area is 81.3 Å². The molecule has 4 nitrogen and oxygen atoms in total. The number of hydrogen-bond donors (Lipinski definition) is 2. The molecule has 2 fully saturated rings. The molecule has 3 aliphatic carbocycles. The lowest BCUT2D eigenvalue weighted by molar-refractivity contribution is -0.121. The Balaban J connectivity index is 1.83. The number of hydrogen-bond acceptors (Lipinski definition) is 2. The largest absolute Gasteiger partial charge is 0.369 e. The van der Waals surface area contributed by atoms with E-state index in [1.54, 1.807) is 0 Å². The van der Waals surface area contributed by atoms with Gasteiger partial charge in [0, 0.05) is 11.8 Å². The van der Waals surface area contributed by atoms with Gasteiger partial charge >= 0.3 is 0 Å². The fraction of sp³-hybridized carbons (Fsp3) is 0.600. The van der Waals surface area contributed by atoms with Crippen LogP contribution in [0.2, 0.25) is 0 Å². The van der Waals surface area contributed by atoms with Crippen LogP contribution in [0.4, 0.5) is 0 Å². The minimum Gasteiger partial charge on any atom is -0.369 e. The van der Waals surface area contributed by atoms with E-state index in [0.717, 1.165) is 0 Å². The lowest BCUT2D eigenvalue weighted by Crippen LogP contribution is -2.17. The second-order valence-corrected chi connectivity index (χ2v) is 4.55. The second-order valence-electron chi connectivity index (χ2n) is 4.55. The van der Waals surface area contributed by atoms with Crippen LogP contribution >= 0.6 is 0 Å². The first-order valence-electron chi connectivity index (χ1n) is 4.90. The van der Waals surface area contributed by atoms with Crippen molar-refractivity contribution in [2.75, 3.05) is 0 Å². The van der Waals surface area contributed by atoms with Crippen molar-refractivity contribution in [2.45, 2.75) is 0 Å². The normalized spacial score (nSPS) is 51.7. The number of amides is 2. The molecule has 0 aromatic carbocycles. The minimum atomic E-state index is -0.236. The van der Waals surface area contributed by atoms with E-state index >= 15 is 0 Å². The van der Waals surface area contributed by atoms with Crippen molar-refractivity contribution in [2.24, 2.45) is 47.0 Å². The van der Waals surface area contributed by atoms with Crippen LogP contribution in [0.25, 0.3) is 0 Å². The van der Waals surface area contributed by atoms with Gasteiger partial charge in [-0.3, -0.25) is 9.59 Å². The lowest BCUT2D eigenvalue weighted by atomic mass is 10.1. The molecule has 0 radical (unpaired) electrons. The second kappa shape index (κ2) is 2.19. The van der Waals surface area contributed by atoms with Crippen LogP contribution in [0, 0.1) is 35.5 Å². The van der Waals surface area contributed by atoms with Gasteiger partial charge in [-0.1, -0.05) is 12.2 Å². The van der Waals surface area contributed by atoms with E-state index in [1.165, 1.54) is 0 Å². The number of carbonyl (C=O) groups excluding carboxylic acids is 2. The highest BCUT2D eigenvalue weighted by molar-refractivity contribution is 5.84. The van der Waals surface area contributed by atoms with Crippen LogP contribution in [0.1, 0.15) is 0 Å². The average Bonchev–Trinajstić information content (AvgIpc) is 2.95. The Morgan fingerprint density at radius 3 is 1.50 bits per heavy atom. The van der Waals surface area contributed by atoms with Gasteiger partial charge in [-0.15, -0.1) is 0 Å². The maximum absolute atomic E-state index is 11.0. The summed E-state index contributed by atoms with van der Waals surface area (Å²) in [6, 6.07) is 0. The van der Waals surface area contributed by atoms with Gasteiger partial charge in [-0.05, 0) is 23.7 Å². The first-order valence-corrected chi connectivity index (χ1v) is 4.90. The quantitative estimate of drug-likeness (QED) is 0.564. The number of allylic oxidation sites excluding steroid dienone is 2. The molecule has 14 heavy (non-hydrogen) atoms. The molecule has 2 amide bonds. The van der Waals surface area contributed by atoms with Gasteiger partial charge in [0.25, 0.3) is 0 Å². The molecule has 0 bridgehead atoms. The average molecular weight is 192 g/mol. The highest BCUT2D eigenvalue weighted by atomic mass is 16.1. The third-order valence-corrected chi connectivity index (χ3v) is 3.92. The van der Waals surface area contributed by atoms with Gasteiger partial charge < -0.3 is 11.5 Å². The van der Waals surface area contributed by atoms with Gasteiger partial charge in [0.05, 0.1) is 0 Å². The van der Waals surface area contributed by atoms with Crippen molar-refractivity contribution >= 4 is 11.8 Å². The van der Waals surface area contributed by atoms with Crippen LogP contribution < -0.4 is 11.5 Å². The molecule has 0 heterocycles. The molecule has 4 N–H and O–H groups in total. The molecule has 3 rings (SSSR count). The fourth-order valence-corrected chi connectivity index (χ4v) is 3.22. The molecular formula is C10H12N2O2. The van der Waals surface area contributed by atoms with Crippen LogP contribution in [0.5, 0.6) is 0 Å². The van der Waals surface area contributed by atoms with Gasteiger partial charge in [0.15, 0.2) is 0 Å². The van der Waals surface area contributed by atoms with Gasteiger partial charge in [-0.2, -0.15) is 0 Å². The minimum absolute atomic E-state index is 0.0365. The molecule has 4 heteroatoms. The van der Waals surface area contributed by atoms with Crippen molar-refractivity contribution in [1.29, 1.82) is 0 Å². The predicted octanol–water partition coefficient (Wildman–Crippen LogP) is -0.749. The van der Waals surface area contributed by atoms with Gasteiger partial charge in [-0.25, -0.2) is 0 Å². The summed E-state index contributed by atoms with van der Waals surface area (Å²) >= 11 is 0. The fourth-order valence-electron chi connectivity index (χ4n) is 3.22. The first-order chi connectivity index (χ1) is 6.63. The number of carbonyl (C=O) groups is 2. The number of primary amides is 2. The Kier molecular flexibility index (Phi) is 1.25. The third-order valence-electron chi connectivity index (χ3n) is 3.92. The smallest absolute Gasteiger partial charge is 0.221 e. The summed E-state index contributed by atoms with van der Waals surface area (Å²) < 4.78 is 0. The highest BCUT2D eigenvalue weighted by Crippen LogP contribution is 2.68. The van der Waals surface area contributed by atoms with E-state index in [2.05, 4.69) is 0 Å². The van der Waals surface area contributed by atoms with Crippen molar-refractivity contribution in [1.82, 2.24) is 0 Å². The molecule has 6 atom stereocenters. The topological polar surface area (TPSA) is 86.2 Å². The Morgan fingerprint density at radius 2 is 1.21 bits per heavy atom. The van der Waals surface area contributed by atoms with E-state index in [0.29, 0.717) is 11.8 Å². The molecule has 0 saturated heterocycles. The van der Waals surface area contributed by atoms with Crippen LogP contribution in [-0.4, -0.2) is 11.8 Å². The molecule has 0 aromatic rings. The van der Waals surface area contributed by atoms with E-state index in [-0.39, 0.29) is 35.5 Å². The maximum atomic E-state index is 11.0. The Morgan fingerprint density at radius 1 is 0.857 bits per heavy atom. The monoisotopic (exact) mass is 192 g/mol. The van der Waals surface area contributed by atoms with E-state index in [1.807, 2.05) is 12.2 Å². The predicted molar refractivity (Wildman–Crippen MR) is 48.5 cm³/mol. The van der Waals surface area contributed by atoms with Crippen LogP contribution in [0.15, 0.2) is 12.2 Å². The van der Waals surface area contributed by atoms with Crippen molar-refractivity contribution in [3.8, 4) is 0 Å². The highest BCUT2D eigenvalue weighted by Gasteiger charge is 2.69. The zero-order chi connectivity index (χ0) is 10.0. The van der Waals surface area contributed by atoms with Crippen LogP contribution in [0.3, 0.4) is 0 Å². The van der Waals surface area contributed by atoms with Crippen molar-refractivity contribution in [3.63, 3.8) is 0 Å². The lowest BCUT2D eigenvalue weighted by Gasteiger charge is -1.96. The third kappa shape index (κ3) is 0.786. The molecule has 6 unspecified atom stereocenters. The summed E-state index contributed by atoms with van der Waals surface area (Å²) in [7, 11) is 0. The zero-order valence-electron chi connectivity index (χ0n) is 7.59. The Bertz CT molecular complexity index is 329. The molecule has 0 aliphatic heterocycles. The molecule has 0 aromatic heterocycles. The van der Waals surface area contributed by atoms with Gasteiger partial charge in [0.1, 0.15) is 0 Å². The molecule has 2 saturated carbocycles. The van der Waals surface area contributed by atoms with E-state index < -0.39 is 0 Å². The summed E-state index contributed by atoms with van der Waals surface area (Å²) in [4.78, 5) is 22.1. The summed E-state index contributed by atoms with van der Waals surface area (Å²) in [5.41, 5.74) is 10.5. The summed E-state index contributed by atoms with van der Waals surface area (Å²) in [5, 5.41) is 0. The van der Waals surface area contributed by atoms with E-state index in [9.17, 15) is 9.59 Å². The van der Waals surface area contributed by atoms with Crippen LogP contribution in [-0.2, 0) is 9.59 Å². The molecule has 74 valence electrons. The zero-order valence-corrected chi connectivity index (χ0v) is 7.59. The summed E-state index contributed by atoms with van der Waals surface area (Å²) in [6.07, 6.45) is 4.06. The number of rotatable bonds is 2. The maximum Gasteiger partial charge on any atom is 0.221 e. The standard InChI is InChI=1S/C10H12N2O2/c11-9(13)7-3-1-2-4-6(5(3)7)8(4)10(12)14/h1-8H,(H2,11,13)(H2,12,14). The summed E-state index contributed by atoms with van der Waals surface area (Å²) in [6.45, 7) is 0. The molecule has 3 aliphatic rings. The number of nitrogens with two attached hydrogens (primary N) is 2. The molecule has 0 spiro atoms. The molecular weight excluding hydrogens is 180 g/mol. The Hall–Kier alpha value is -1.32. The summed E-state index contributed by atoms with van der Waals surface area (Å²) in [5.74, 6) is 0.647. The van der Waals surface area contributed by atoms with Crippen molar-refractivity contribution < 1.29 is 9.59 Å². The van der Waals surface area contributed by atoms with Gasteiger partial charge in [0.2, 0.25) is 11.8 Å². The number of fused-ring (bicyclic) bond motifs is 3. The van der Waals surface area contributed by atoms with E-state index in [4.69, 9.17) is 11.5 Å². The first kappa shape index (κ1) is 8.03.